The number of aromatic nitrogens is 2. The first-order valence-electron chi connectivity index (χ1n) is 9.52. The Bertz CT molecular complexity index is 1130. The van der Waals surface area contributed by atoms with E-state index in [9.17, 15) is 14.0 Å². The quantitative estimate of drug-likeness (QED) is 0.704. The van der Waals surface area contributed by atoms with Crippen molar-refractivity contribution in [2.75, 3.05) is 23.3 Å². The lowest BCUT2D eigenvalue weighted by molar-refractivity contribution is -0.116. The van der Waals surface area contributed by atoms with Gasteiger partial charge in [0.15, 0.2) is 5.82 Å². The average Bonchev–Trinajstić information content (AvgIpc) is 2.72. The van der Waals surface area contributed by atoms with Gasteiger partial charge in [-0.05, 0) is 49.6 Å². The highest BCUT2D eigenvalue weighted by Crippen LogP contribution is 2.23. The highest BCUT2D eigenvalue weighted by molar-refractivity contribution is 6.33. The van der Waals surface area contributed by atoms with E-state index < -0.39 is 11.7 Å². The molecule has 3 aromatic rings. The molecule has 0 spiro atoms. The third-order valence-corrected chi connectivity index (χ3v) is 5.31. The molecule has 1 amide bonds. The largest absolute Gasteiger partial charge is 0.352 e. The second-order valence-electron chi connectivity index (χ2n) is 7.04. The molecule has 2 aromatic carbocycles. The van der Waals surface area contributed by atoms with Crippen molar-refractivity contribution in [1.82, 2.24) is 9.55 Å². The first kappa shape index (κ1) is 19.4. The molecule has 29 heavy (non-hydrogen) atoms. The highest BCUT2D eigenvalue weighted by Gasteiger charge is 2.20. The number of hydrogen-bond donors (Lipinski definition) is 1. The van der Waals surface area contributed by atoms with Crippen molar-refractivity contribution in [1.29, 1.82) is 0 Å². The summed E-state index contributed by atoms with van der Waals surface area (Å²) in [7, 11) is 0. The molecular weight excluding hydrogens is 395 g/mol. The van der Waals surface area contributed by atoms with Crippen LogP contribution in [0.4, 0.5) is 15.9 Å². The molecule has 0 bridgehead atoms. The third-order valence-electron chi connectivity index (χ3n) is 5.00. The number of fused-ring (bicyclic) bond motifs is 1. The molecule has 0 saturated carbocycles. The molecule has 150 valence electrons. The van der Waals surface area contributed by atoms with Gasteiger partial charge in [-0.1, -0.05) is 23.7 Å². The van der Waals surface area contributed by atoms with E-state index in [4.69, 9.17) is 11.6 Å². The molecule has 1 saturated heterocycles. The number of nitrogens with one attached hydrogen (secondary N) is 1. The number of carbonyl (C=O) groups is 1. The molecule has 0 unspecified atom stereocenters. The zero-order valence-corrected chi connectivity index (χ0v) is 16.5. The van der Waals surface area contributed by atoms with E-state index in [1.54, 1.807) is 12.1 Å². The highest BCUT2D eigenvalue weighted by atomic mass is 35.5. The summed E-state index contributed by atoms with van der Waals surface area (Å²) in [6, 6.07) is 11.0. The molecule has 4 rings (SSSR count). The third kappa shape index (κ3) is 4.10. The van der Waals surface area contributed by atoms with Gasteiger partial charge in [-0.2, -0.15) is 0 Å². The van der Waals surface area contributed by atoms with Crippen LogP contribution in [0.2, 0.25) is 5.02 Å². The molecule has 1 fully saturated rings. The number of anilines is 2. The minimum Gasteiger partial charge on any atom is -0.352 e. The predicted octanol–water partition coefficient (Wildman–Crippen LogP) is 3.82. The number of carbonyl (C=O) groups excluding carboxylic acids is 1. The summed E-state index contributed by atoms with van der Waals surface area (Å²) in [5.74, 6) is -0.548. The van der Waals surface area contributed by atoms with Crippen molar-refractivity contribution in [2.45, 2.75) is 25.8 Å². The Labute approximate surface area is 171 Å². The maximum atomic E-state index is 13.2. The number of piperidine rings is 1. The standard InChI is InChI=1S/C21H20ClFN4O2/c22-15-12-14(23)8-9-16(15)24-19(28)13-27-18-7-3-2-6-17(18)25-20(21(27)29)26-10-4-1-5-11-26/h2-3,6-9,12H,1,4-5,10-11,13H2,(H,24,28). The van der Waals surface area contributed by atoms with Crippen LogP contribution in [0.25, 0.3) is 11.0 Å². The minimum absolute atomic E-state index is 0.0966. The van der Waals surface area contributed by atoms with Crippen LogP contribution in [-0.2, 0) is 11.3 Å². The molecule has 2 heterocycles. The average molecular weight is 415 g/mol. The van der Waals surface area contributed by atoms with Gasteiger partial charge >= 0.3 is 0 Å². The van der Waals surface area contributed by atoms with E-state index in [0.29, 0.717) is 22.5 Å². The van der Waals surface area contributed by atoms with E-state index in [2.05, 4.69) is 10.3 Å². The number of amides is 1. The van der Waals surface area contributed by atoms with Gasteiger partial charge in [0.1, 0.15) is 12.4 Å². The zero-order chi connectivity index (χ0) is 20.4. The minimum atomic E-state index is -0.490. The van der Waals surface area contributed by atoms with Gasteiger partial charge in [-0.3, -0.25) is 14.2 Å². The molecule has 1 aliphatic rings. The van der Waals surface area contributed by atoms with Gasteiger partial charge in [-0.25, -0.2) is 9.37 Å². The molecule has 1 aromatic heterocycles. The van der Waals surface area contributed by atoms with Gasteiger partial charge < -0.3 is 10.2 Å². The van der Waals surface area contributed by atoms with Crippen LogP contribution in [0.5, 0.6) is 0 Å². The normalized spacial score (nSPS) is 14.2. The fourth-order valence-electron chi connectivity index (χ4n) is 3.57. The summed E-state index contributed by atoms with van der Waals surface area (Å²) in [4.78, 5) is 32.4. The number of benzene rings is 2. The summed E-state index contributed by atoms with van der Waals surface area (Å²) in [6.45, 7) is 1.35. The summed E-state index contributed by atoms with van der Waals surface area (Å²) in [5, 5.41) is 2.74. The van der Waals surface area contributed by atoms with E-state index in [0.717, 1.165) is 38.4 Å². The monoisotopic (exact) mass is 414 g/mol. The Morgan fingerprint density at radius 1 is 1.14 bits per heavy atom. The van der Waals surface area contributed by atoms with Crippen molar-refractivity contribution in [3.05, 3.63) is 63.7 Å². The Morgan fingerprint density at radius 2 is 1.90 bits per heavy atom. The van der Waals surface area contributed by atoms with Crippen LogP contribution in [0.3, 0.4) is 0 Å². The van der Waals surface area contributed by atoms with E-state index in [1.807, 2.05) is 17.0 Å². The summed E-state index contributed by atoms with van der Waals surface area (Å²) in [6.07, 6.45) is 3.16. The van der Waals surface area contributed by atoms with Gasteiger partial charge in [-0.15, -0.1) is 0 Å². The van der Waals surface area contributed by atoms with E-state index in [1.165, 1.54) is 16.7 Å². The number of halogens is 2. The van der Waals surface area contributed by atoms with Crippen molar-refractivity contribution in [2.24, 2.45) is 0 Å². The van der Waals surface area contributed by atoms with Crippen LogP contribution < -0.4 is 15.8 Å². The van der Waals surface area contributed by atoms with Crippen LogP contribution in [-0.4, -0.2) is 28.5 Å². The van der Waals surface area contributed by atoms with E-state index >= 15 is 0 Å². The van der Waals surface area contributed by atoms with Gasteiger partial charge in [0.25, 0.3) is 5.56 Å². The molecule has 1 N–H and O–H groups in total. The van der Waals surface area contributed by atoms with Crippen LogP contribution >= 0.6 is 11.6 Å². The smallest absolute Gasteiger partial charge is 0.294 e. The first-order chi connectivity index (χ1) is 14.0. The maximum absolute atomic E-state index is 13.2. The summed E-state index contributed by atoms with van der Waals surface area (Å²) < 4.78 is 14.7. The zero-order valence-electron chi connectivity index (χ0n) is 15.7. The van der Waals surface area contributed by atoms with Crippen LogP contribution in [0, 0.1) is 5.82 Å². The Morgan fingerprint density at radius 3 is 2.66 bits per heavy atom. The van der Waals surface area contributed by atoms with Gasteiger partial charge in [0.2, 0.25) is 5.91 Å². The SMILES string of the molecule is O=C(Cn1c(=O)c(N2CCCCC2)nc2ccccc21)Nc1ccc(F)cc1Cl. The predicted molar refractivity (Wildman–Crippen MR) is 112 cm³/mol. The van der Waals surface area contributed by atoms with E-state index in [-0.39, 0.29) is 17.1 Å². The lowest BCUT2D eigenvalue weighted by atomic mass is 10.1. The first-order valence-corrected chi connectivity index (χ1v) is 9.90. The fraction of sp³-hybridized carbons (Fsp3) is 0.286. The second-order valence-corrected chi connectivity index (χ2v) is 7.44. The van der Waals surface area contributed by atoms with Gasteiger partial charge in [0.05, 0.1) is 21.7 Å². The number of nitrogens with zero attached hydrogens (tertiary/aromatic N) is 3. The number of para-hydroxylation sites is 2. The van der Waals surface area contributed by atoms with Crippen molar-refractivity contribution >= 4 is 40.0 Å². The topological polar surface area (TPSA) is 67.2 Å². The lowest BCUT2D eigenvalue weighted by Gasteiger charge is -2.27. The fourth-order valence-corrected chi connectivity index (χ4v) is 3.79. The van der Waals surface area contributed by atoms with Crippen LogP contribution in [0.1, 0.15) is 19.3 Å². The summed E-state index contributed by atoms with van der Waals surface area (Å²) in [5.41, 5.74) is 1.23. The molecule has 1 aliphatic heterocycles. The number of rotatable bonds is 4. The van der Waals surface area contributed by atoms with Gasteiger partial charge in [0, 0.05) is 13.1 Å². The summed E-state index contributed by atoms with van der Waals surface area (Å²) >= 11 is 5.99. The maximum Gasteiger partial charge on any atom is 0.294 e. The van der Waals surface area contributed by atoms with Crippen molar-refractivity contribution < 1.29 is 9.18 Å². The van der Waals surface area contributed by atoms with Crippen molar-refractivity contribution in [3.8, 4) is 0 Å². The number of hydrogen-bond acceptors (Lipinski definition) is 4. The van der Waals surface area contributed by atoms with Crippen molar-refractivity contribution in [3.63, 3.8) is 0 Å². The lowest BCUT2D eigenvalue weighted by Crippen LogP contribution is -2.38. The molecular formula is C21H20ClFN4O2. The second kappa shape index (κ2) is 8.21. The molecule has 0 atom stereocenters. The Hall–Kier alpha value is -2.93. The molecule has 0 aliphatic carbocycles. The molecule has 6 nitrogen and oxygen atoms in total. The van der Waals surface area contributed by atoms with Crippen LogP contribution in [0.15, 0.2) is 47.3 Å². The Balaban J connectivity index is 1.69. The Kier molecular flexibility index (Phi) is 5.49. The molecule has 0 radical (unpaired) electrons. The molecule has 8 heteroatoms.